The zero-order valence-corrected chi connectivity index (χ0v) is 12.3. The van der Waals surface area contributed by atoms with E-state index >= 15 is 0 Å². The van der Waals surface area contributed by atoms with E-state index in [1.165, 1.54) is 32.2 Å². The molecule has 17 heavy (non-hydrogen) atoms. The predicted molar refractivity (Wildman–Crippen MR) is 76.3 cm³/mol. The normalized spacial score (nSPS) is 26.1. The molecule has 0 unspecified atom stereocenters. The van der Waals surface area contributed by atoms with Crippen molar-refractivity contribution in [3.05, 3.63) is 0 Å². The van der Waals surface area contributed by atoms with Crippen LogP contribution in [0.15, 0.2) is 0 Å². The van der Waals surface area contributed by atoms with Crippen LogP contribution in [0.5, 0.6) is 0 Å². The van der Waals surface area contributed by atoms with Crippen LogP contribution in [-0.4, -0.2) is 26.2 Å². The molecule has 1 aliphatic carbocycles. The summed E-state index contributed by atoms with van der Waals surface area (Å²) < 4.78 is 0. The second kappa shape index (κ2) is 7.38. The van der Waals surface area contributed by atoms with E-state index in [9.17, 15) is 0 Å². The third kappa shape index (κ3) is 5.87. The van der Waals surface area contributed by atoms with Gasteiger partial charge >= 0.3 is 0 Å². The van der Waals surface area contributed by atoms with E-state index in [2.05, 4.69) is 38.3 Å². The van der Waals surface area contributed by atoms with Gasteiger partial charge in [0.1, 0.15) is 0 Å². The summed E-state index contributed by atoms with van der Waals surface area (Å²) in [6.07, 6.45) is 5.72. The molecule has 0 bridgehead atoms. The lowest BCUT2D eigenvalue weighted by molar-refractivity contribution is 0.149. The van der Waals surface area contributed by atoms with Crippen molar-refractivity contribution >= 4 is 0 Å². The van der Waals surface area contributed by atoms with Gasteiger partial charge < -0.3 is 10.6 Å². The highest BCUT2D eigenvalue weighted by Gasteiger charge is 2.29. The average Bonchev–Trinajstić information content (AvgIpc) is 2.28. The van der Waals surface area contributed by atoms with Crippen molar-refractivity contribution < 1.29 is 0 Å². The molecule has 1 fully saturated rings. The molecular weight excluding hydrogens is 208 g/mol. The largest absolute Gasteiger partial charge is 0.316 e. The molecule has 2 N–H and O–H groups in total. The summed E-state index contributed by atoms with van der Waals surface area (Å²) in [5.74, 6) is 1.87. The molecular formula is C15H32N2. The Balaban J connectivity index is 2.07. The van der Waals surface area contributed by atoms with Gasteiger partial charge in [0.25, 0.3) is 0 Å². The molecule has 0 aromatic rings. The van der Waals surface area contributed by atoms with Crippen molar-refractivity contribution in [2.45, 2.75) is 53.4 Å². The van der Waals surface area contributed by atoms with Gasteiger partial charge in [-0.2, -0.15) is 0 Å². The van der Waals surface area contributed by atoms with E-state index in [0.717, 1.165) is 31.5 Å². The number of likely N-dealkylation sites (N-methyl/N-ethyl adjacent to an activating group) is 1. The van der Waals surface area contributed by atoms with Gasteiger partial charge in [0, 0.05) is 13.1 Å². The lowest BCUT2D eigenvalue weighted by Gasteiger charge is -2.37. The summed E-state index contributed by atoms with van der Waals surface area (Å²) in [6.45, 7) is 13.9. The number of nitrogens with one attached hydrogen (secondary N) is 2. The van der Waals surface area contributed by atoms with Crippen LogP contribution in [0.1, 0.15) is 53.4 Å². The predicted octanol–water partition coefficient (Wildman–Crippen LogP) is 3.04. The van der Waals surface area contributed by atoms with Gasteiger partial charge in [0.2, 0.25) is 0 Å². The minimum Gasteiger partial charge on any atom is -0.316 e. The molecule has 0 radical (unpaired) electrons. The Hall–Kier alpha value is -0.0800. The molecule has 0 saturated heterocycles. The smallest absolute Gasteiger partial charge is 0.00768 e. The maximum Gasteiger partial charge on any atom is 0.00768 e. The van der Waals surface area contributed by atoms with Crippen molar-refractivity contribution in [1.29, 1.82) is 0 Å². The monoisotopic (exact) mass is 240 g/mol. The third-order valence-corrected chi connectivity index (χ3v) is 4.23. The average molecular weight is 240 g/mol. The van der Waals surface area contributed by atoms with Gasteiger partial charge in [-0.3, -0.25) is 0 Å². The first-order valence-corrected chi connectivity index (χ1v) is 7.45. The fourth-order valence-electron chi connectivity index (χ4n) is 2.89. The second-order valence-corrected chi connectivity index (χ2v) is 6.64. The molecule has 0 aromatic heterocycles. The molecule has 0 spiro atoms. The maximum absolute atomic E-state index is 3.58. The summed E-state index contributed by atoms with van der Waals surface area (Å²) >= 11 is 0. The molecule has 2 heteroatoms. The van der Waals surface area contributed by atoms with Crippen molar-refractivity contribution in [3.8, 4) is 0 Å². The zero-order chi connectivity index (χ0) is 12.7. The van der Waals surface area contributed by atoms with E-state index in [1.807, 2.05) is 0 Å². The molecule has 102 valence electrons. The van der Waals surface area contributed by atoms with Crippen LogP contribution in [0.2, 0.25) is 0 Å². The molecule has 2 nitrogen and oxygen atoms in total. The number of hydrogen-bond acceptors (Lipinski definition) is 2. The number of hydrogen-bond donors (Lipinski definition) is 2. The molecule has 0 aliphatic heterocycles. The topological polar surface area (TPSA) is 24.1 Å². The minimum atomic E-state index is 0.517. The Labute approximate surface area is 108 Å². The minimum absolute atomic E-state index is 0.517. The van der Waals surface area contributed by atoms with Gasteiger partial charge in [0.15, 0.2) is 0 Å². The molecule has 0 aromatic carbocycles. The SMILES string of the molecule is CCNCCNCC1CCC(C(C)(C)C)CC1. The molecule has 1 rings (SSSR count). The molecule has 0 atom stereocenters. The lowest BCUT2D eigenvalue weighted by atomic mass is 9.70. The summed E-state index contributed by atoms with van der Waals surface area (Å²) in [5.41, 5.74) is 0.517. The molecule has 0 heterocycles. The first-order valence-electron chi connectivity index (χ1n) is 7.45. The molecule has 1 saturated carbocycles. The summed E-state index contributed by atoms with van der Waals surface area (Å²) in [6, 6.07) is 0. The Bertz CT molecular complexity index is 188. The second-order valence-electron chi connectivity index (χ2n) is 6.64. The first kappa shape index (κ1) is 15.0. The van der Waals surface area contributed by atoms with Gasteiger partial charge in [-0.1, -0.05) is 27.7 Å². The standard InChI is InChI=1S/C15H32N2/c1-5-16-10-11-17-12-13-6-8-14(9-7-13)15(2,3)4/h13-14,16-17H,5-12H2,1-4H3. The van der Waals surface area contributed by atoms with Crippen LogP contribution >= 0.6 is 0 Å². The van der Waals surface area contributed by atoms with Crippen molar-refractivity contribution in [2.24, 2.45) is 17.3 Å². The van der Waals surface area contributed by atoms with Crippen molar-refractivity contribution in [3.63, 3.8) is 0 Å². The van der Waals surface area contributed by atoms with Crippen molar-refractivity contribution in [1.82, 2.24) is 10.6 Å². The van der Waals surface area contributed by atoms with Crippen LogP contribution in [-0.2, 0) is 0 Å². The van der Waals surface area contributed by atoms with E-state index in [1.54, 1.807) is 0 Å². The zero-order valence-electron chi connectivity index (χ0n) is 12.3. The lowest BCUT2D eigenvalue weighted by Crippen LogP contribution is -2.33. The number of rotatable bonds is 6. The van der Waals surface area contributed by atoms with Crippen LogP contribution in [0.4, 0.5) is 0 Å². The van der Waals surface area contributed by atoms with Crippen LogP contribution in [0.25, 0.3) is 0 Å². The molecule has 1 aliphatic rings. The molecule has 0 amide bonds. The van der Waals surface area contributed by atoms with Gasteiger partial charge in [0.05, 0.1) is 0 Å². The first-order chi connectivity index (χ1) is 8.04. The van der Waals surface area contributed by atoms with E-state index in [4.69, 9.17) is 0 Å². The van der Waals surface area contributed by atoms with Crippen LogP contribution in [0.3, 0.4) is 0 Å². The van der Waals surface area contributed by atoms with E-state index in [0.29, 0.717) is 5.41 Å². The van der Waals surface area contributed by atoms with E-state index in [-0.39, 0.29) is 0 Å². The Morgan fingerprint density at radius 2 is 1.53 bits per heavy atom. The van der Waals surface area contributed by atoms with Crippen LogP contribution in [0, 0.1) is 17.3 Å². The Morgan fingerprint density at radius 3 is 2.06 bits per heavy atom. The van der Waals surface area contributed by atoms with Crippen molar-refractivity contribution in [2.75, 3.05) is 26.2 Å². The Morgan fingerprint density at radius 1 is 0.941 bits per heavy atom. The van der Waals surface area contributed by atoms with E-state index < -0.39 is 0 Å². The highest BCUT2D eigenvalue weighted by Crippen LogP contribution is 2.39. The third-order valence-electron chi connectivity index (χ3n) is 4.23. The highest BCUT2D eigenvalue weighted by atomic mass is 14.9. The highest BCUT2D eigenvalue weighted by molar-refractivity contribution is 4.81. The fraction of sp³-hybridized carbons (Fsp3) is 1.00. The Kier molecular flexibility index (Phi) is 6.50. The van der Waals surface area contributed by atoms with Crippen LogP contribution < -0.4 is 10.6 Å². The summed E-state index contributed by atoms with van der Waals surface area (Å²) in [5, 5.41) is 6.93. The van der Waals surface area contributed by atoms with Gasteiger partial charge in [-0.15, -0.1) is 0 Å². The summed E-state index contributed by atoms with van der Waals surface area (Å²) in [4.78, 5) is 0. The maximum atomic E-state index is 3.58. The quantitative estimate of drug-likeness (QED) is 0.697. The van der Waals surface area contributed by atoms with Gasteiger partial charge in [-0.25, -0.2) is 0 Å². The summed E-state index contributed by atoms with van der Waals surface area (Å²) in [7, 11) is 0. The fourth-order valence-corrected chi connectivity index (χ4v) is 2.89. The van der Waals surface area contributed by atoms with Gasteiger partial charge in [-0.05, 0) is 56.0 Å².